The second-order valence-electron chi connectivity index (χ2n) is 5.53. The van der Waals surface area contributed by atoms with Crippen LogP contribution < -0.4 is 0 Å². The lowest BCUT2D eigenvalue weighted by molar-refractivity contribution is -0.0108. The Labute approximate surface area is 102 Å². The van der Waals surface area contributed by atoms with E-state index in [1.807, 2.05) is 24.0 Å². The van der Waals surface area contributed by atoms with Gasteiger partial charge in [0.15, 0.2) is 0 Å². The molecule has 0 aromatic carbocycles. The van der Waals surface area contributed by atoms with Gasteiger partial charge in [0.2, 0.25) is 0 Å². The second kappa shape index (κ2) is 4.10. The monoisotopic (exact) mass is 235 g/mol. The summed E-state index contributed by atoms with van der Waals surface area (Å²) in [5.41, 5.74) is -0.556. The number of aryl methyl sites for hydroxylation is 1. The molecule has 4 nitrogen and oxygen atoms in total. The fourth-order valence-electron chi connectivity index (χ4n) is 3.42. The number of nitrogens with zero attached hydrogens (tertiary/aromatic N) is 3. The number of hydrogen-bond acceptors (Lipinski definition) is 3. The zero-order valence-corrected chi connectivity index (χ0v) is 10.5. The molecule has 0 saturated carbocycles. The highest BCUT2D eigenvalue weighted by molar-refractivity contribution is 5.07. The topological polar surface area (TPSA) is 41.3 Å². The van der Waals surface area contributed by atoms with Crippen LogP contribution in [0.4, 0.5) is 0 Å². The van der Waals surface area contributed by atoms with E-state index in [9.17, 15) is 5.11 Å². The first-order chi connectivity index (χ1) is 8.19. The summed E-state index contributed by atoms with van der Waals surface area (Å²) < 4.78 is 2.02. The van der Waals surface area contributed by atoms with Gasteiger partial charge in [-0.15, -0.1) is 0 Å². The third-order valence-corrected chi connectivity index (χ3v) is 4.45. The Bertz CT molecular complexity index is 403. The molecular formula is C13H21N3O. The maximum absolute atomic E-state index is 10.9. The van der Waals surface area contributed by atoms with Crippen molar-refractivity contribution in [1.82, 2.24) is 14.5 Å². The summed E-state index contributed by atoms with van der Waals surface area (Å²) in [7, 11) is 2.00. The van der Waals surface area contributed by atoms with Gasteiger partial charge in [0, 0.05) is 38.4 Å². The molecule has 94 valence electrons. The molecule has 0 bridgehead atoms. The number of aromatic nitrogens is 2. The SMILES string of the molecule is Cn1ccnc1CC1(O)CCN2CCCCC21. The van der Waals surface area contributed by atoms with Crippen LogP contribution in [0.5, 0.6) is 0 Å². The lowest BCUT2D eigenvalue weighted by Crippen LogP contribution is -2.48. The van der Waals surface area contributed by atoms with Crippen LogP contribution in [-0.4, -0.2) is 44.3 Å². The lowest BCUT2D eigenvalue weighted by Gasteiger charge is -2.37. The number of hydrogen-bond donors (Lipinski definition) is 1. The maximum atomic E-state index is 10.9. The van der Waals surface area contributed by atoms with Crippen molar-refractivity contribution in [2.24, 2.45) is 7.05 Å². The second-order valence-corrected chi connectivity index (χ2v) is 5.53. The van der Waals surface area contributed by atoms with Gasteiger partial charge in [-0.2, -0.15) is 0 Å². The Morgan fingerprint density at radius 1 is 1.47 bits per heavy atom. The summed E-state index contributed by atoms with van der Waals surface area (Å²) in [5, 5.41) is 10.9. The van der Waals surface area contributed by atoms with Crippen molar-refractivity contribution in [3.8, 4) is 0 Å². The van der Waals surface area contributed by atoms with Crippen LogP contribution >= 0.6 is 0 Å². The minimum atomic E-state index is -0.556. The van der Waals surface area contributed by atoms with Gasteiger partial charge in [0.05, 0.1) is 5.60 Å². The van der Waals surface area contributed by atoms with E-state index in [0.717, 1.165) is 31.8 Å². The molecule has 2 atom stereocenters. The van der Waals surface area contributed by atoms with Crippen LogP contribution in [0.3, 0.4) is 0 Å². The van der Waals surface area contributed by atoms with Crippen molar-refractivity contribution >= 4 is 0 Å². The molecule has 4 heteroatoms. The zero-order valence-electron chi connectivity index (χ0n) is 10.5. The van der Waals surface area contributed by atoms with Gasteiger partial charge < -0.3 is 9.67 Å². The lowest BCUT2D eigenvalue weighted by atomic mass is 9.86. The molecule has 3 heterocycles. The van der Waals surface area contributed by atoms with Crippen LogP contribution in [0, 0.1) is 0 Å². The van der Waals surface area contributed by atoms with Crippen molar-refractivity contribution in [3.05, 3.63) is 18.2 Å². The van der Waals surface area contributed by atoms with E-state index in [1.165, 1.54) is 12.8 Å². The Kier molecular flexibility index (Phi) is 2.71. The van der Waals surface area contributed by atoms with Gasteiger partial charge in [0.1, 0.15) is 5.82 Å². The minimum absolute atomic E-state index is 0.355. The summed E-state index contributed by atoms with van der Waals surface area (Å²) in [4.78, 5) is 6.81. The van der Waals surface area contributed by atoms with E-state index in [1.54, 1.807) is 0 Å². The molecule has 1 aromatic heterocycles. The van der Waals surface area contributed by atoms with Gasteiger partial charge in [-0.25, -0.2) is 4.98 Å². The Morgan fingerprint density at radius 3 is 3.12 bits per heavy atom. The Hall–Kier alpha value is -0.870. The third kappa shape index (κ3) is 1.89. The molecule has 3 rings (SSSR count). The molecular weight excluding hydrogens is 214 g/mol. The van der Waals surface area contributed by atoms with E-state index < -0.39 is 5.60 Å². The molecule has 0 aliphatic carbocycles. The number of piperidine rings is 1. The van der Waals surface area contributed by atoms with E-state index in [2.05, 4.69) is 9.88 Å². The smallest absolute Gasteiger partial charge is 0.111 e. The van der Waals surface area contributed by atoms with E-state index >= 15 is 0 Å². The van der Waals surface area contributed by atoms with Crippen LogP contribution in [0.1, 0.15) is 31.5 Å². The summed E-state index contributed by atoms with van der Waals surface area (Å²) in [6, 6.07) is 0.355. The third-order valence-electron chi connectivity index (χ3n) is 4.45. The summed E-state index contributed by atoms with van der Waals surface area (Å²) in [6.45, 7) is 2.21. The summed E-state index contributed by atoms with van der Waals surface area (Å²) in [5.74, 6) is 1.000. The minimum Gasteiger partial charge on any atom is -0.388 e. The Morgan fingerprint density at radius 2 is 2.35 bits per heavy atom. The number of imidazole rings is 1. The predicted molar refractivity (Wildman–Crippen MR) is 65.7 cm³/mol. The van der Waals surface area contributed by atoms with E-state index in [-0.39, 0.29) is 0 Å². The molecule has 2 aliphatic rings. The van der Waals surface area contributed by atoms with Crippen LogP contribution in [0.25, 0.3) is 0 Å². The normalized spacial score (nSPS) is 33.9. The maximum Gasteiger partial charge on any atom is 0.111 e. The number of aliphatic hydroxyl groups is 1. The molecule has 0 spiro atoms. The van der Waals surface area contributed by atoms with Gasteiger partial charge in [-0.05, 0) is 25.8 Å². The van der Waals surface area contributed by atoms with E-state index in [4.69, 9.17) is 0 Å². The summed E-state index contributed by atoms with van der Waals surface area (Å²) >= 11 is 0. The molecule has 17 heavy (non-hydrogen) atoms. The van der Waals surface area contributed by atoms with Crippen molar-refractivity contribution in [1.29, 1.82) is 0 Å². The number of rotatable bonds is 2. The highest BCUT2D eigenvalue weighted by Crippen LogP contribution is 2.36. The number of fused-ring (bicyclic) bond motifs is 1. The molecule has 2 aliphatic heterocycles. The molecule has 2 fully saturated rings. The molecule has 2 unspecified atom stereocenters. The summed E-state index contributed by atoms with van der Waals surface area (Å²) in [6.07, 6.45) is 9.03. The standard InChI is InChI=1S/C13H21N3O/c1-15-9-6-14-12(15)10-13(17)5-8-16-7-3-2-4-11(13)16/h6,9,11,17H,2-5,7-8,10H2,1H3. The van der Waals surface area contributed by atoms with Crippen molar-refractivity contribution in [3.63, 3.8) is 0 Å². The molecule has 1 aromatic rings. The average molecular weight is 235 g/mol. The first-order valence-electron chi connectivity index (χ1n) is 6.62. The van der Waals surface area contributed by atoms with E-state index in [0.29, 0.717) is 12.5 Å². The van der Waals surface area contributed by atoms with Crippen molar-refractivity contribution in [2.45, 2.75) is 43.7 Å². The van der Waals surface area contributed by atoms with Gasteiger partial charge in [0.25, 0.3) is 0 Å². The van der Waals surface area contributed by atoms with Crippen molar-refractivity contribution < 1.29 is 5.11 Å². The van der Waals surface area contributed by atoms with Crippen molar-refractivity contribution in [2.75, 3.05) is 13.1 Å². The Balaban J connectivity index is 1.79. The molecule has 2 saturated heterocycles. The van der Waals surface area contributed by atoms with Gasteiger partial charge in [-0.3, -0.25) is 4.90 Å². The first kappa shape index (κ1) is 11.2. The zero-order chi connectivity index (χ0) is 11.9. The predicted octanol–water partition coefficient (Wildman–Crippen LogP) is 0.952. The fourth-order valence-corrected chi connectivity index (χ4v) is 3.42. The largest absolute Gasteiger partial charge is 0.388 e. The van der Waals surface area contributed by atoms with Crippen LogP contribution in [0.15, 0.2) is 12.4 Å². The van der Waals surface area contributed by atoms with Gasteiger partial charge >= 0.3 is 0 Å². The first-order valence-corrected chi connectivity index (χ1v) is 6.62. The quantitative estimate of drug-likeness (QED) is 0.830. The molecule has 0 radical (unpaired) electrons. The molecule has 0 amide bonds. The average Bonchev–Trinajstić information content (AvgIpc) is 2.87. The van der Waals surface area contributed by atoms with Gasteiger partial charge in [-0.1, -0.05) is 6.42 Å². The fraction of sp³-hybridized carbons (Fsp3) is 0.769. The highest BCUT2D eigenvalue weighted by Gasteiger charge is 2.47. The van der Waals surface area contributed by atoms with Crippen LogP contribution in [-0.2, 0) is 13.5 Å². The highest BCUT2D eigenvalue weighted by atomic mass is 16.3. The van der Waals surface area contributed by atoms with Crippen LogP contribution in [0.2, 0.25) is 0 Å². The molecule has 1 N–H and O–H groups in total.